The number of hydrogen-bond acceptors (Lipinski definition) is 3. The molecule has 0 saturated carbocycles. The average molecular weight is 465 g/mol. The van der Waals surface area contributed by atoms with Gasteiger partial charge in [0, 0.05) is 17.6 Å². The Kier molecular flexibility index (Phi) is 6.58. The van der Waals surface area contributed by atoms with Gasteiger partial charge in [-0.3, -0.25) is 4.79 Å². The Bertz CT molecular complexity index is 944. The molecule has 7 heteroatoms. The minimum Gasteiger partial charge on any atom is -0.349 e. The molecular formula is C21H25BrN2O3S. The summed E-state index contributed by atoms with van der Waals surface area (Å²) < 4.78 is 28.1. The third-order valence-corrected chi connectivity index (χ3v) is 7.63. The lowest BCUT2D eigenvalue weighted by atomic mass is 9.97. The number of halogens is 1. The number of aryl methyl sites for hydroxylation is 1. The van der Waals surface area contributed by atoms with Gasteiger partial charge in [0.2, 0.25) is 15.9 Å². The van der Waals surface area contributed by atoms with E-state index in [-0.39, 0.29) is 29.3 Å². The van der Waals surface area contributed by atoms with Gasteiger partial charge in [0.05, 0.1) is 16.9 Å². The fraction of sp³-hybridized carbons (Fsp3) is 0.381. The van der Waals surface area contributed by atoms with E-state index in [1.54, 1.807) is 24.3 Å². The van der Waals surface area contributed by atoms with Gasteiger partial charge < -0.3 is 5.32 Å². The summed E-state index contributed by atoms with van der Waals surface area (Å²) >= 11 is 3.32. The highest BCUT2D eigenvalue weighted by atomic mass is 79.9. The number of nitrogens with one attached hydrogen (secondary N) is 1. The maximum Gasteiger partial charge on any atom is 0.243 e. The Morgan fingerprint density at radius 2 is 1.86 bits per heavy atom. The maximum atomic E-state index is 12.9. The van der Waals surface area contributed by atoms with Gasteiger partial charge in [-0.2, -0.15) is 4.31 Å². The molecule has 1 heterocycles. The summed E-state index contributed by atoms with van der Waals surface area (Å²) in [5.41, 5.74) is 2.20. The fourth-order valence-corrected chi connectivity index (χ4v) is 5.40. The van der Waals surface area contributed by atoms with Crippen molar-refractivity contribution in [1.82, 2.24) is 9.62 Å². The van der Waals surface area contributed by atoms with Crippen molar-refractivity contribution < 1.29 is 13.2 Å². The molecule has 2 aromatic carbocycles. The molecule has 1 fully saturated rings. The van der Waals surface area contributed by atoms with E-state index < -0.39 is 10.0 Å². The Labute approximate surface area is 175 Å². The summed E-state index contributed by atoms with van der Waals surface area (Å²) in [6, 6.07) is 14.4. The number of carbonyl (C=O) groups is 1. The highest BCUT2D eigenvalue weighted by Gasteiger charge is 2.33. The van der Waals surface area contributed by atoms with Gasteiger partial charge >= 0.3 is 0 Å². The van der Waals surface area contributed by atoms with Gasteiger partial charge in [-0.1, -0.05) is 40.2 Å². The normalized spacial score (nSPS) is 19.2. The summed E-state index contributed by atoms with van der Waals surface area (Å²) in [5, 5.41) is 3.06. The van der Waals surface area contributed by atoms with Gasteiger partial charge in [-0.15, -0.1) is 0 Å². The monoisotopic (exact) mass is 464 g/mol. The van der Waals surface area contributed by atoms with E-state index in [1.165, 1.54) is 4.31 Å². The topological polar surface area (TPSA) is 66.5 Å². The SMILES string of the molecule is Cc1ccccc1[C@H](C)NC(=O)[C@@H]1CCCN(S(=O)(=O)c2ccc(Br)cc2)C1. The molecule has 1 aliphatic rings. The van der Waals surface area contributed by atoms with Crippen LogP contribution < -0.4 is 5.32 Å². The smallest absolute Gasteiger partial charge is 0.243 e. The minimum atomic E-state index is -3.60. The van der Waals surface area contributed by atoms with Crippen molar-refractivity contribution in [2.24, 2.45) is 5.92 Å². The highest BCUT2D eigenvalue weighted by molar-refractivity contribution is 9.10. The number of benzene rings is 2. The molecule has 1 saturated heterocycles. The van der Waals surface area contributed by atoms with Crippen LogP contribution in [0.15, 0.2) is 57.9 Å². The van der Waals surface area contributed by atoms with Gasteiger partial charge in [-0.25, -0.2) is 8.42 Å². The second-order valence-corrected chi connectivity index (χ2v) is 10.1. The molecule has 1 N–H and O–H groups in total. The molecule has 1 aliphatic heterocycles. The molecule has 0 unspecified atom stereocenters. The molecular weight excluding hydrogens is 440 g/mol. The summed E-state index contributed by atoms with van der Waals surface area (Å²) in [5.74, 6) is -0.433. The van der Waals surface area contributed by atoms with E-state index in [0.717, 1.165) is 15.6 Å². The van der Waals surface area contributed by atoms with Gasteiger partial charge in [0.1, 0.15) is 0 Å². The van der Waals surface area contributed by atoms with Crippen LogP contribution in [0.3, 0.4) is 0 Å². The van der Waals surface area contributed by atoms with Gasteiger partial charge in [0.25, 0.3) is 0 Å². The maximum absolute atomic E-state index is 12.9. The summed E-state index contributed by atoms with van der Waals surface area (Å²) in [7, 11) is -3.60. The lowest BCUT2D eigenvalue weighted by Gasteiger charge is -2.32. The molecule has 5 nitrogen and oxygen atoms in total. The van der Waals surface area contributed by atoms with Crippen LogP contribution in [0, 0.1) is 12.8 Å². The second-order valence-electron chi connectivity index (χ2n) is 7.24. The largest absolute Gasteiger partial charge is 0.349 e. The first-order chi connectivity index (χ1) is 13.3. The summed E-state index contributed by atoms with van der Waals surface area (Å²) in [6.07, 6.45) is 1.37. The van der Waals surface area contributed by atoms with Crippen molar-refractivity contribution in [2.45, 2.75) is 37.6 Å². The van der Waals surface area contributed by atoms with Crippen molar-refractivity contribution in [3.05, 3.63) is 64.1 Å². The first-order valence-electron chi connectivity index (χ1n) is 9.40. The third-order valence-electron chi connectivity index (χ3n) is 5.22. The number of piperidine rings is 1. The van der Waals surface area contributed by atoms with Crippen molar-refractivity contribution in [3.63, 3.8) is 0 Å². The summed E-state index contributed by atoms with van der Waals surface area (Å²) in [4.78, 5) is 13.1. The minimum absolute atomic E-state index is 0.0912. The van der Waals surface area contributed by atoms with Crippen LogP contribution in [-0.2, 0) is 14.8 Å². The van der Waals surface area contributed by atoms with E-state index in [2.05, 4.69) is 21.2 Å². The van der Waals surface area contributed by atoms with E-state index in [9.17, 15) is 13.2 Å². The molecule has 2 aromatic rings. The standard InChI is InChI=1S/C21H25BrN2O3S/c1-15-6-3-4-8-20(15)16(2)23-21(25)17-7-5-13-24(14-17)28(26,27)19-11-9-18(22)10-12-19/h3-4,6,8-12,16-17H,5,7,13-14H2,1-2H3,(H,23,25)/t16-,17+/m0/s1. The van der Waals surface area contributed by atoms with E-state index >= 15 is 0 Å². The molecule has 0 radical (unpaired) electrons. The van der Waals surface area contributed by atoms with E-state index in [0.29, 0.717) is 19.4 Å². The van der Waals surface area contributed by atoms with E-state index in [1.807, 2.05) is 38.1 Å². The lowest BCUT2D eigenvalue weighted by molar-refractivity contribution is -0.126. The van der Waals surface area contributed by atoms with Gasteiger partial charge in [-0.05, 0) is 62.1 Å². The van der Waals surface area contributed by atoms with Crippen molar-refractivity contribution in [2.75, 3.05) is 13.1 Å². The van der Waals surface area contributed by atoms with Crippen LogP contribution in [0.2, 0.25) is 0 Å². The van der Waals surface area contributed by atoms with Crippen LogP contribution in [0.25, 0.3) is 0 Å². The van der Waals surface area contributed by atoms with E-state index in [4.69, 9.17) is 0 Å². The predicted molar refractivity (Wildman–Crippen MR) is 113 cm³/mol. The van der Waals surface area contributed by atoms with Gasteiger partial charge in [0.15, 0.2) is 0 Å². The molecule has 0 bridgehead atoms. The van der Waals surface area contributed by atoms with Crippen molar-refractivity contribution in [1.29, 1.82) is 0 Å². The first-order valence-corrected chi connectivity index (χ1v) is 11.6. The molecule has 0 spiro atoms. The van der Waals surface area contributed by atoms with Crippen LogP contribution in [-0.4, -0.2) is 31.7 Å². The number of amides is 1. The van der Waals surface area contributed by atoms with Crippen LogP contribution in [0.5, 0.6) is 0 Å². The lowest BCUT2D eigenvalue weighted by Crippen LogP contribution is -2.45. The summed E-state index contributed by atoms with van der Waals surface area (Å²) in [6.45, 7) is 4.63. The molecule has 0 aromatic heterocycles. The molecule has 3 rings (SSSR count). The predicted octanol–water partition coefficient (Wildman–Crippen LogP) is 4.04. The zero-order chi connectivity index (χ0) is 20.3. The Balaban J connectivity index is 1.69. The molecule has 28 heavy (non-hydrogen) atoms. The Morgan fingerprint density at radius 1 is 1.18 bits per heavy atom. The van der Waals surface area contributed by atoms with Crippen LogP contribution >= 0.6 is 15.9 Å². The first kappa shape index (κ1) is 21.0. The number of rotatable bonds is 5. The number of hydrogen-bond donors (Lipinski definition) is 1. The third kappa shape index (κ3) is 4.64. The number of carbonyl (C=O) groups excluding carboxylic acids is 1. The average Bonchev–Trinajstić information content (AvgIpc) is 2.68. The number of nitrogens with zero attached hydrogens (tertiary/aromatic N) is 1. The number of sulfonamides is 1. The Hall–Kier alpha value is -1.70. The molecule has 2 atom stereocenters. The van der Waals surface area contributed by atoms with Crippen LogP contribution in [0.4, 0.5) is 0 Å². The van der Waals surface area contributed by atoms with Crippen molar-refractivity contribution >= 4 is 31.9 Å². The highest BCUT2D eigenvalue weighted by Crippen LogP contribution is 2.26. The zero-order valence-electron chi connectivity index (χ0n) is 16.1. The molecule has 0 aliphatic carbocycles. The molecule has 1 amide bonds. The fourth-order valence-electron chi connectivity index (χ4n) is 3.61. The Morgan fingerprint density at radius 3 is 2.54 bits per heavy atom. The van der Waals surface area contributed by atoms with Crippen molar-refractivity contribution in [3.8, 4) is 0 Å². The van der Waals surface area contributed by atoms with Crippen LogP contribution in [0.1, 0.15) is 36.9 Å². The second kappa shape index (κ2) is 8.76. The quantitative estimate of drug-likeness (QED) is 0.725. The molecule has 150 valence electrons. The zero-order valence-corrected chi connectivity index (χ0v) is 18.5.